The molecule has 1 unspecified atom stereocenters. The Balaban J connectivity index is 2.02. The lowest BCUT2D eigenvalue weighted by molar-refractivity contribution is 0.0941. The van der Waals surface area contributed by atoms with E-state index in [9.17, 15) is 0 Å². The molecule has 4 nitrogen and oxygen atoms in total. The number of benzene rings is 1. The van der Waals surface area contributed by atoms with Gasteiger partial charge in [-0.25, -0.2) is 4.98 Å². The third-order valence-electron chi connectivity index (χ3n) is 3.59. The van der Waals surface area contributed by atoms with Gasteiger partial charge in [0.25, 0.3) is 0 Å². The first-order valence-electron chi connectivity index (χ1n) is 6.73. The molecule has 1 aromatic heterocycles. The van der Waals surface area contributed by atoms with Gasteiger partial charge in [0.2, 0.25) is 0 Å². The smallest absolute Gasteiger partial charge is 0.136 e. The van der Waals surface area contributed by atoms with E-state index in [1.165, 1.54) is 10.8 Å². The van der Waals surface area contributed by atoms with Crippen molar-refractivity contribution in [2.45, 2.75) is 6.04 Å². The maximum atomic E-state index is 5.59. The Hall–Kier alpha value is -1.65. The van der Waals surface area contributed by atoms with Gasteiger partial charge in [-0.3, -0.25) is 0 Å². The highest BCUT2D eigenvalue weighted by atomic mass is 16.5. The summed E-state index contributed by atoms with van der Waals surface area (Å²) in [5, 5.41) is 5.69. The first-order valence-corrected chi connectivity index (χ1v) is 6.73. The molecule has 2 heterocycles. The summed E-state index contributed by atoms with van der Waals surface area (Å²) >= 11 is 0. The second-order valence-corrected chi connectivity index (χ2v) is 4.84. The molecule has 0 radical (unpaired) electrons. The zero-order valence-electron chi connectivity index (χ0n) is 11.2. The number of nitrogens with one attached hydrogen (secondary N) is 1. The molecule has 4 heteroatoms. The number of likely N-dealkylation sites (N-methyl/N-ethyl adjacent to an activating group) is 1. The molecular formula is C15H19N3O. The van der Waals surface area contributed by atoms with Gasteiger partial charge >= 0.3 is 0 Å². The average molecular weight is 257 g/mol. The van der Waals surface area contributed by atoms with Crippen molar-refractivity contribution < 1.29 is 4.74 Å². The van der Waals surface area contributed by atoms with Crippen LogP contribution in [0.5, 0.6) is 0 Å². The van der Waals surface area contributed by atoms with E-state index in [1.807, 2.05) is 13.2 Å². The molecule has 1 fully saturated rings. The summed E-state index contributed by atoms with van der Waals surface area (Å²) in [5.74, 6) is 1.07. The zero-order chi connectivity index (χ0) is 13.1. The molecule has 1 aliphatic heterocycles. The van der Waals surface area contributed by atoms with Crippen LogP contribution >= 0.6 is 0 Å². The SMILES string of the molecule is CNCC1COCCN1c1nccc2ccccc12. The topological polar surface area (TPSA) is 37.4 Å². The highest BCUT2D eigenvalue weighted by Gasteiger charge is 2.24. The van der Waals surface area contributed by atoms with Crippen molar-refractivity contribution in [2.75, 3.05) is 38.3 Å². The minimum absolute atomic E-state index is 0.344. The van der Waals surface area contributed by atoms with E-state index < -0.39 is 0 Å². The molecule has 1 aliphatic rings. The van der Waals surface area contributed by atoms with Crippen molar-refractivity contribution in [3.05, 3.63) is 36.5 Å². The average Bonchev–Trinajstić information content (AvgIpc) is 2.48. The quantitative estimate of drug-likeness (QED) is 0.907. The molecule has 0 amide bonds. The van der Waals surface area contributed by atoms with Gasteiger partial charge in [0, 0.05) is 24.7 Å². The van der Waals surface area contributed by atoms with E-state index in [0.29, 0.717) is 6.04 Å². The summed E-state index contributed by atoms with van der Waals surface area (Å²) in [5.41, 5.74) is 0. The summed E-state index contributed by atoms with van der Waals surface area (Å²) < 4.78 is 5.59. The molecule has 1 aromatic carbocycles. The molecular weight excluding hydrogens is 238 g/mol. The number of ether oxygens (including phenoxy) is 1. The third kappa shape index (κ3) is 2.41. The molecule has 2 aromatic rings. The van der Waals surface area contributed by atoms with Crippen LogP contribution in [0.2, 0.25) is 0 Å². The number of anilines is 1. The number of aromatic nitrogens is 1. The minimum Gasteiger partial charge on any atom is -0.377 e. The number of hydrogen-bond acceptors (Lipinski definition) is 4. The number of pyridine rings is 1. The monoisotopic (exact) mass is 257 g/mol. The van der Waals surface area contributed by atoms with E-state index in [-0.39, 0.29) is 0 Å². The van der Waals surface area contributed by atoms with Gasteiger partial charge in [-0.05, 0) is 18.5 Å². The van der Waals surface area contributed by atoms with Crippen molar-refractivity contribution in [1.82, 2.24) is 10.3 Å². The highest BCUT2D eigenvalue weighted by Crippen LogP contribution is 2.26. The Morgan fingerprint density at radius 2 is 2.26 bits per heavy atom. The zero-order valence-corrected chi connectivity index (χ0v) is 11.2. The van der Waals surface area contributed by atoms with Crippen LogP contribution < -0.4 is 10.2 Å². The Morgan fingerprint density at radius 1 is 1.37 bits per heavy atom. The molecule has 1 atom stereocenters. The third-order valence-corrected chi connectivity index (χ3v) is 3.59. The number of hydrogen-bond donors (Lipinski definition) is 1. The minimum atomic E-state index is 0.344. The lowest BCUT2D eigenvalue weighted by Crippen LogP contribution is -2.50. The summed E-state index contributed by atoms with van der Waals surface area (Å²) in [6.45, 7) is 3.33. The molecule has 0 spiro atoms. The predicted octanol–water partition coefficient (Wildman–Crippen LogP) is 1.66. The molecule has 19 heavy (non-hydrogen) atoms. The number of morpholine rings is 1. The molecule has 1 N–H and O–H groups in total. The standard InChI is InChI=1S/C15H19N3O/c1-16-10-13-11-19-9-8-18(13)15-14-5-3-2-4-12(14)6-7-17-15/h2-7,13,16H,8-11H2,1H3. The fraction of sp³-hybridized carbons (Fsp3) is 0.400. The van der Waals surface area contributed by atoms with Gasteiger partial charge in [0.1, 0.15) is 5.82 Å². The van der Waals surface area contributed by atoms with Crippen LogP contribution in [-0.4, -0.2) is 44.4 Å². The molecule has 100 valence electrons. The summed E-state index contributed by atoms with van der Waals surface area (Å²) in [6, 6.07) is 10.8. The molecule has 0 saturated carbocycles. The largest absolute Gasteiger partial charge is 0.377 e. The van der Waals surface area contributed by atoms with Gasteiger partial charge in [0.15, 0.2) is 0 Å². The maximum Gasteiger partial charge on any atom is 0.136 e. The van der Waals surface area contributed by atoms with E-state index >= 15 is 0 Å². The van der Waals surface area contributed by atoms with Crippen molar-refractivity contribution in [3.8, 4) is 0 Å². The number of rotatable bonds is 3. The second-order valence-electron chi connectivity index (χ2n) is 4.84. The Morgan fingerprint density at radius 3 is 3.16 bits per heavy atom. The van der Waals surface area contributed by atoms with Crippen molar-refractivity contribution in [2.24, 2.45) is 0 Å². The molecule has 1 saturated heterocycles. The van der Waals surface area contributed by atoms with Gasteiger partial charge in [-0.15, -0.1) is 0 Å². The Kier molecular flexibility index (Phi) is 3.62. The van der Waals surface area contributed by atoms with Crippen LogP contribution in [0, 0.1) is 0 Å². The van der Waals surface area contributed by atoms with Crippen LogP contribution in [0.1, 0.15) is 0 Å². The first kappa shape index (κ1) is 12.4. The van der Waals surface area contributed by atoms with Gasteiger partial charge in [0.05, 0.1) is 19.3 Å². The first-order chi connectivity index (χ1) is 9.40. The van der Waals surface area contributed by atoms with Crippen molar-refractivity contribution >= 4 is 16.6 Å². The molecule has 0 aliphatic carbocycles. The van der Waals surface area contributed by atoms with Gasteiger partial charge in [-0.1, -0.05) is 24.3 Å². The van der Waals surface area contributed by atoms with Crippen molar-refractivity contribution in [3.63, 3.8) is 0 Å². The van der Waals surface area contributed by atoms with Crippen LogP contribution in [0.4, 0.5) is 5.82 Å². The summed E-state index contributed by atoms with van der Waals surface area (Å²) in [4.78, 5) is 6.97. The Labute approximate surface area is 113 Å². The van der Waals surface area contributed by atoms with E-state index in [1.54, 1.807) is 0 Å². The lowest BCUT2D eigenvalue weighted by Gasteiger charge is -2.37. The van der Waals surface area contributed by atoms with Gasteiger partial charge in [-0.2, -0.15) is 0 Å². The lowest BCUT2D eigenvalue weighted by atomic mass is 10.1. The fourth-order valence-corrected chi connectivity index (χ4v) is 2.67. The van der Waals surface area contributed by atoms with E-state index in [4.69, 9.17) is 4.74 Å². The van der Waals surface area contributed by atoms with Crippen molar-refractivity contribution in [1.29, 1.82) is 0 Å². The number of fused-ring (bicyclic) bond motifs is 1. The maximum absolute atomic E-state index is 5.59. The van der Waals surface area contributed by atoms with E-state index in [0.717, 1.165) is 32.1 Å². The summed E-state index contributed by atoms with van der Waals surface area (Å²) in [7, 11) is 1.98. The van der Waals surface area contributed by atoms with Crippen LogP contribution in [0.25, 0.3) is 10.8 Å². The fourth-order valence-electron chi connectivity index (χ4n) is 2.67. The Bertz CT molecular complexity index is 551. The second kappa shape index (κ2) is 5.55. The molecule has 3 rings (SSSR count). The highest BCUT2D eigenvalue weighted by molar-refractivity contribution is 5.92. The predicted molar refractivity (Wildman–Crippen MR) is 77.6 cm³/mol. The van der Waals surface area contributed by atoms with Gasteiger partial charge < -0.3 is 15.0 Å². The van der Waals surface area contributed by atoms with E-state index in [2.05, 4.69) is 45.5 Å². The normalized spacial score (nSPS) is 19.8. The number of nitrogens with zero attached hydrogens (tertiary/aromatic N) is 2. The summed E-state index contributed by atoms with van der Waals surface area (Å²) in [6.07, 6.45) is 1.89. The molecule has 0 bridgehead atoms. The van der Waals surface area contributed by atoms with Crippen LogP contribution in [0.15, 0.2) is 36.5 Å². The van der Waals surface area contributed by atoms with Crippen LogP contribution in [-0.2, 0) is 4.74 Å². The van der Waals surface area contributed by atoms with Crippen LogP contribution in [0.3, 0.4) is 0 Å².